The predicted molar refractivity (Wildman–Crippen MR) is 62.0 cm³/mol. The molecule has 1 rings (SSSR count). The summed E-state index contributed by atoms with van der Waals surface area (Å²) in [4.78, 5) is 2.41. The monoisotopic (exact) mass is 215 g/mol. The standard InChI is InChI=1S/C12H25NO2/c1-3-5-7-13(8-6-4-2)11-9-15-10-12(11)14/h11-12,14H,3-10H2,1-2H3/t11-,12-/m1/s1. The molecule has 0 bridgehead atoms. The lowest BCUT2D eigenvalue weighted by Gasteiger charge is -2.29. The Kier molecular flexibility index (Phi) is 6.22. The third-order valence-corrected chi connectivity index (χ3v) is 3.09. The average Bonchev–Trinajstić information content (AvgIpc) is 2.65. The Morgan fingerprint density at radius 1 is 1.13 bits per heavy atom. The number of aliphatic hydroxyl groups is 1. The van der Waals surface area contributed by atoms with Gasteiger partial charge in [0.25, 0.3) is 0 Å². The molecule has 0 aromatic heterocycles. The molecule has 0 radical (unpaired) electrons. The van der Waals surface area contributed by atoms with Crippen molar-refractivity contribution in [3.63, 3.8) is 0 Å². The fourth-order valence-corrected chi connectivity index (χ4v) is 2.05. The maximum absolute atomic E-state index is 9.79. The van der Waals surface area contributed by atoms with E-state index in [1.165, 1.54) is 25.7 Å². The molecule has 0 unspecified atom stereocenters. The lowest BCUT2D eigenvalue weighted by molar-refractivity contribution is 0.0801. The summed E-state index contributed by atoms with van der Waals surface area (Å²) in [6.45, 7) is 7.83. The van der Waals surface area contributed by atoms with Gasteiger partial charge in [-0.3, -0.25) is 4.90 Å². The van der Waals surface area contributed by atoms with Gasteiger partial charge in [0, 0.05) is 0 Å². The van der Waals surface area contributed by atoms with Crippen LogP contribution in [-0.2, 0) is 4.74 Å². The van der Waals surface area contributed by atoms with E-state index in [1.807, 2.05) is 0 Å². The van der Waals surface area contributed by atoms with Crippen LogP contribution in [0.3, 0.4) is 0 Å². The molecule has 0 aromatic rings. The van der Waals surface area contributed by atoms with Gasteiger partial charge in [-0.1, -0.05) is 26.7 Å². The fraction of sp³-hybridized carbons (Fsp3) is 1.00. The van der Waals surface area contributed by atoms with Crippen LogP contribution in [0.5, 0.6) is 0 Å². The summed E-state index contributed by atoms with van der Waals surface area (Å²) in [5.74, 6) is 0. The first-order valence-electron chi connectivity index (χ1n) is 6.29. The van der Waals surface area contributed by atoms with Crippen molar-refractivity contribution < 1.29 is 9.84 Å². The minimum absolute atomic E-state index is 0.239. The zero-order valence-corrected chi connectivity index (χ0v) is 10.1. The molecule has 0 amide bonds. The van der Waals surface area contributed by atoms with Gasteiger partial charge in [0.05, 0.1) is 25.4 Å². The second-order valence-electron chi connectivity index (χ2n) is 4.42. The highest BCUT2D eigenvalue weighted by atomic mass is 16.5. The van der Waals surface area contributed by atoms with Crippen molar-refractivity contribution in [2.45, 2.75) is 51.7 Å². The number of hydrogen-bond donors (Lipinski definition) is 1. The van der Waals surface area contributed by atoms with Gasteiger partial charge in [-0.25, -0.2) is 0 Å². The third kappa shape index (κ3) is 4.09. The average molecular weight is 215 g/mol. The van der Waals surface area contributed by atoms with Crippen molar-refractivity contribution >= 4 is 0 Å². The fourth-order valence-electron chi connectivity index (χ4n) is 2.05. The highest BCUT2D eigenvalue weighted by molar-refractivity contribution is 4.83. The summed E-state index contributed by atoms with van der Waals surface area (Å²) >= 11 is 0. The number of hydrogen-bond acceptors (Lipinski definition) is 3. The number of rotatable bonds is 7. The SMILES string of the molecule is CCCCN(CCCC)[C@@H]1COC[C@H]1O. The molecular formula is C12H25NO2. The molecule has 15 heavy (non-hydrogen) atoms. The Bertz CT molecular complexity index is 156. The minimum Gasteiger partial charge on any atom is -0.389 e. The van der Waals surface area contributed by atoms with Crippen LogP contribution >= 0.6 is 0 Å². The topological polar surface area (TPSA) is 32.7 Å². The largest absolute Gasteiger partial charge is 0.389 e. The number of unbranched alkanes of at least 4 members (excludes halogenated alkanes) is 2. The Morgan fingerprint density at radius 3 is 2.13 bits per heavy atom. The van der Waals surface area contributed by atoms with Gasteiger partial charge in [-0.2, -0.15) is 0 Å². The zero-order valence-electron chi connectivity index (χ0n) is 10.1. The summed E-state index contributed by atoms with van der Waals surface area (Å²) < 4.78 is 5.32. The molecule has 1 aliphatic rings. The van der Waals surface area contributed by atoms with E-state index in [2.05, 4.69) is 18.7 Å². The summed E-state index contributed by atoms with van der Waals surface area (Å²) in [6.07, 6.45) is 4.58. The smallest absolute Gasteiger partial charge is 0.0950 e. The molecule has 2 atom stereocenters. The van der Waals surface area contributed by atoms with Crippen molar-refractivity contribution in [3.8, 4) is 0 Å². The Balaban J connectivity index is 2.38. The molecule has 1 aliphatic heterocycles. The van der Waals surface area contributed by atoms with Gasteiger partial charge >= 0.3 is 0 Å². The molecule has 0 spiro atoms. The van der Waals surface area contributed by atoms with E-state index in [4.69, 9.17) is 4.74 Å². The highest BCUT2D eigenvalue weighted by Crippen LogP contribution is 2.15. The molecule has 1 heterocycles. The summed E-state index contributed by atoms with van der Waals surface area (Å²) in [6, 6.07) is 0.239. The lowest BCUT2D eigenvalue weighted by atomic mass is 10.1. The van der Waals surface area contributed by atoms with Gasteiger partial charge in [0.1, 0.15) is 0 Å². The minimum atomic E-state index is -0.279. The highest BCUT2D eigenvalue weighted by Gasteiger charge is 2.30. The molecule has 1 saturated heterocycles. The lowest BCUT2D eigenvalue weighted by Crippen LogP contribution is -2.44. The van der Waals surface area contributed by atoms with E-state index in [0.29, 0.717) is 13.2 Å². The van der Waals surface area contributed by atoms with E-state index >= 15 is 0 Å². The van der Waals surface area contributed by atoms with Crippen molar-refractivity contribution in [2.75, 3.05) is 26.3 Å². The first kappa shape index (κ1) is 12.9. The Morgan fingerprint density at radius 2 is 1.73 bits per heavy atom. The summed E-state index contributed by atoms with van der Waals surface area (Å²) in [7, 11) is 0. The molecule has 0 aliphatic carbocycles. The van der Waals surface area contributed by atoms with Crippen LogP contribution < -0.4 is 0 Å². The first-order valence-corrected chi connectivity index (χ1v) is 6.29. The summed E-state index contributed by atoms with van der Waals surface area (Å²) in [5.41, 5.74) is 0. The van der Waals surface area contributed by atoms with Crippen LogP contribution in [0, 0.1) is 0 Å². The first-order chi connectivity index (χ1) is 7.29. The number of nitrogens with zero attached hydrogens (tertiary/aromatic N) is 1. The van der Waals surface area contributed by atoms with Crippen molar-refractivity contribution in [2.24, 2.45) is 0 Å². The summed E-state index contributed by atoms with van der Waals surface area (Å²) in [5, 5.41) is 9.79. The van der Waals surface area contributed by atoms with Crippen LogP contribution in [0.15, 0.2) is 0 Å². The van der Waals surface area contributed by atoms with Crippen molar-refractivity contribution in [3.05, 3.63) is 0 Å². The van der Waals surface area contributed by atoms with Gasteiger partial charge in [0.15, 0.2) is 0 Å². The van der Waals surface area contributed by atoms with Gasteiger partial charge in [-0.15, -0.1) is 0 Å². The number of aliphatic hydroxyl groups excluding tert-OH is 1. The van der Waals surface area contributed by atoms with E-state index < -0.39 is 0 Å². The van der Waals surface area contributed by atoms with Crippen molar-refractivity contribution in [1.82, 2.24) is 4.90 Å². The quantitative estimate of drug-likeness (QED) is 0.701. The van der Waals surface area contributed by atoms with Crippen LogP contribution in [-0.4, -0.2) is 48.5 Å². The van der Waals surface area contributed by atoms with Gasteiger partial charge in [-0.05, 0) is 25.9 Å². The maximum atomic E-state index is 9.79. The van der Waals surface area contributed by atoms with Gasteiger partial charge < -0.3 is 9.84 Å². The molecule has 1 N–H and O–H groups in total. The molecule has 90 valence electrons. The van der Waals surface area contributed by atoms with Gasteiger partial charge in [0.2, 0.25) is 0 Å². The van der Waals surface area contributed by atoms with E-state index in [-0.39, 0.29) is 12.1 Å². The van der Waals surface area contributed by atoms with E-state index in [1.54, 1.807) is 0 Å². The number of ether oxygens (including phenoxy) is 1. The second-order valence-corrected chi connectivity index (χ2v) is 4.42. The molecule has 3 nitrogen and oxygen atoms in total. The Hall–Kier alpha value is -0.120. The van der Waals surface area contributed by atoms with Crippen LogP contribution in [0.25, 0.3) is 0 Å². The normalized spacial score (nSPS) is 26.4. The molecule has 1 fully saturated rings. The molecule has 0 aromatic carbocycles. The maximum Gasteiger partial charge on any atom is 0.0950 e. The predicted octanol–water partition coefficient (Wildman–Crippen LogP) is 1.65. The molecular weight excluding hydrogens is 190 g/mol. The molecule has 0 saturated carbocycles. The van der Waals surface area contributed by atoms with Crippen LogP contribution in [0.4, 0.5) is 0 Å². The van der Waals surface area contributed by atoms with Crippen LogP contribution in [0.1, 0.15) is 39.5 Å². The zero-order chi connectivity index (χ0) is 11.1. The third-order valence-electron chi connectivity index (χ3n) is 3.09. The molecule has 3 heteroatoms. The van der Waals surface area contributed by atoms with Crippen LogP contribution in [0.2, 0.25) is 0 Å². The van der Waals surface area contributed by atoms with E-state index in [9.17, 15) is 5.11 Å². The van der Waals surface area contributed by atoms with Crippen molar-refractivity contribution in [1.29, 1.82) is 0 Å². The second kappa shape index (κ2) is 7.20. The Labute approximate surface area is 93.4 Å². The van der Waals surface area contributed by atoms with E-state index in [0.717, 1.165) is 13.1 Å².